The first-order valence-corrected chi connectivity index (χ1v) is 11.2. The van der Waals surface area contributed by atoms with Gasteiger partial charge in [-0.15, -0.1) is 0 Å². The summed E-state index contributed by atoms with van der Waals surface area (Å²) in [4.78, 5) is 28.6. The molecule has 0 aliphatic carbocycles. The lowest BCUT2D eigenvalue weighted by molar-refractivity contribution is -0.128. The third-order valence-electron chi connectivity index (χ3n) is 5.49. The Morgan fingerprint density at radius 1 is 1.09 bits per heavy atom. The first kappa shape index (κ1) is 24.0. The van der Waals surface area contributed by atoms with Crippen LogP contribution >= 0.6 is 0 Å². The fraction of sp³-hybridized carbons (Fsp3) is 0.346. The number of nitriles is 1. The minimum absolute atomic E-state index is 0.0634. The maximum atomic E-state index is 12.7. The van der Waals surface area contributed by atoms with Gasteiger partial charge >= 0.3 is 0 Å². The number of nitrogens with one attached hydrogen (secondary N) is 1. The van der Waals surface area contributed by atoms with E-state index in [0.29, 0.717) is 30.9 Å². The second-order valence-corrected chi connectivity index (χ2v) is 8.02. The number of carbonyl (C=O) groups is 2. The van der Waals surface area contributed by atoms with Crippen molar-refractivity contribution >= 4 is 17.9 Å². The van der Waals surface area contributed by atoms with E-state index in [1.54, 1.807) is 29.2 Å². The first-order valence-electron chi connectivity index (χ1n) is 11.2. The summed E-state index contributed by atoms with van der Waals surface area (Å²) in [5.74, 6) is 0.279. The van der Waals surface area contributed by atoms with Crippen molar-refractivity contribution in [2.75, 3.05) is 46.4 Å². The van der Waals surface area contributed by atoms with E-state index in [-0.39, 0.29) is 30.4 Å². The zero-order valence-corrected chi connectivity index (χ0v) is 19.0. The van der Waals surface area contributed by atoms with Crippen LogP contribution in [0.15, 0.2) is 60.2 Å². The number of ether oxygens (including phenoxy) is 1. The monoisotopic (exact) mass is 446 g/mol. The highest BCUT2D eigenvalue weighted by molar-refractivity contribution is 6.01. The molecule has 1 aliphatic heterocycles. The molecule has 2 amide bonds. The second-order valence-electron chi connectivity index (χ2n) is 8.02. The molecule has 7 heteroatoms. The van der Waals surface area contributed by atoms with Gasteiger partial charge in [-0.3, -0.25) is 9.59 Å². The SMILES string of the molecule is CN1CCN(C(=O)C(C#N)=Cc2cccc(OCCC(=O)NCCc3ccccc3)c2)CC1. The molecule has 0 aromatic heterocycles. The van der Waals surface area contributed by atoms with Crippen LogP contribution in [0.5, 0.6) is 5.75 Å². The third-order valence-corrected chi connectivity index (χ3v) is 5.49. The lowest BCUT2D eigenvalue weighted by Gasteiger charge is -2.32. The smallest absolute Gasteiger partial charge is 0.264 e. The van der Waals surface area contributed by atoms with Crippen LogP contribution in [-0.2, 0) is 16.0 Å². The molecule has 7 nitrogen and oxygen atoms in total. The molecule has 0 unspecified atom stereocenters. The van der Waals surface area contributed by atoms with Gasteiger partial charge in [0.05, 0.1) is 13.0 Å². The average molecular weight is 447 g/mol. The average Bonchev–Trinajstić information content (AvgIpc) is 2.83. The number of rotatable bonds is 9. The highest BCUT2D eigenvalue weighted by Gasteiger charge is 2.22. The number of amides is 2. The number of piperazine rings is 1. The van der Waals surface area contributed by atoms with E-state index in [9.17, 15) is 14.9 Å². The van der Waals surface area contributed by atoms with Crippen LogP contribution in [0.25, 0.3) is 6.08 Å². The van der Waals surface area contributed by atoms with Gasteiger partial charge < -0.3 is 19.9 Å². The Morgan fingerprint density at radius 3 is 2.58 bits per heavy atom. The van der Waals surface area contributed by atoms with Crippen LogP contribution in [0.4, 0.5) is 0 Å². The molecule has 0 bridgehead atoms. The molecule has 1 N–H and O–H groups in total. The zero-order valence-electron chi connectivity index (χ0n) is 19.0. The molecular formula is C26H30N4O3. The molecule has 1 fully saturated rings. The summed E-state index contributed by atoms with van der Waals surface area (Å²) in [7, 11) is 2.02. The maximum absolute atomic E-state index is 12.7. The summed E-state index contributed by atoms with van der Waals surface area (Å²) in [6.07, 6.45) is 2.62. The van der Waals surface area contributed by atoms with Gasteiger partial charge in [0.25, 0.3) is 5.91 Å². The number of benzene rings is 2. The Kier molecular flexibility index (Phi) is 9.04. The fourth-order valence-corrected chi connectivity index (χ4v) is 3.52. The summed E-state index contributed by atoms with van der Waals surface area (Å²) >= 11 is 0. The standard InChI is InChI=1S/C26H30N4O3/c1-29-13-15-30(16-14-29)26(32)23(20-27)18-22-8-5-9-24(19-22)33-17-11-25(31)28-12-10-21-6-3-2-4-7-21/h2-9,18-19H,10-17H2,1H3,(H,28,31). The minimum atomic E-state index is -0.246. The lowest BCUT2D eigenvalue weighted by atomic mass is 10.1. The highest BCUT2D eigenvalue weighted by Crippen LogP contribution is 2.17. The van der Waals surface area contributed by atoms with Crippen molar-refractivity contribution < 1.29 is 14.3 Å². The summed E-state index contributed by atoms with van der Waals surface area (Å²) in [5, 5.41) is 12.4. The summed E-state index contributed by atoms with van der Waals surface area (Å²) < 4.78 is 5.71. The van der Waals surface area contributed by atoms with E-state index < -0.39 is 0 Å². The summed E-state index contributed by atoms with van der Waals surface area (Å²) in [6, 6.07) is 19.2. The first-order chi connectivity index (χ1) is 16.0. The highest BCUT2D eigenvalue weighted by atomic mass is 16.5. The molecule has 0 atom stereocenters. The molecule has 172 valence electrons. The lowest BCUT2D eigenvalue weighted by Crippen LogP contribution is -2.47. The van der Waals surface area contributed by atoms with Gasteiger partial charge in [-0.1, -0.05) is 42.5 Å². The van der Waals surface area contributed by atoms with Gasteiger partial charge in [0.2, 0.25) is 5.91 Å². The minimum Gasteiger partial charge on any atom is -0.493 e. The van der Waals surface area contributed by atoms with Gasteiger partial charge in [-0.05, 0) is 42.8 Å². The molecule has 33 heavy (non-hydrogen) atoms. The van der Waals surface area contributed by atoms with Crippen molar-refractivity contribution in [1.29, 1.82) is 5.26 Å². The van der Waals surface area contributed by atoms with E-state index in [0.717, 1.165) is 19.5 Å². The Labute approximate surface area is 195 Å². The largest absolute Gasteiger partial charge is 0.493 e. The number of nitrogens with zero attached hydrogens (tertiary/aromatic N) is 3. The van der Waals surface area contributed by atoms with Crippen LogP contribution < -0.4 is 10.1 Å². The molecular weight excluding hydrogens is 416 g/mol. The molecule has 3 rings (SSSR count). The molecule has 1 saturated heterocycles. The summed E-state index contributed by atoms with van der Waals surface area (Å²) in [6.45, 7) is 3.66. The topological polar surface area (TPSA) is 85.7 Å². The normalized spacial score (nSPS) is 14.4. The number of hydrogen-bond donors (Lipinski definition) is 1. The molecule has 1 heterocycles. The van der Waals surface area contributed by atoms with Gasteiger partial charge in [0, 0.05) is 32.7 Å². The second kappa shape index (κ2) is 12.4. The van der Waals surface area contributed by atoms with Crippen molar-refractivity contribution in [2.24, 2.45) is 0 Å². The van der Waals surface area contributed by atoms with E-state index in [1.165, 1.54) is 5.56 Å². The van der Waals surface area contributed by atoms with Crippen LogP contribution in [-0.4, -0.2) is 68.0 Å². The van der Waals surface area contributed by atoms with Crippen molar-refractivity contribution in [1.82, 2.24) is 15.1 Å². The molecule has 0 spiro atoms. The van der Waals surface area contributed by atoms with Crippen LogP contribution in [0, 0.1) is 11.3 Å². The van der Waals surface area contributed by atoms with Crippen molar-refractivity contribution in [3.8, 4) is 11.8 Å². The maximum Gasteiger partial charge on any atom is 0.264 e. The van der Waals surface area contributed by atoms with Crippen molar-refractivity contribution in [3.63, 3.8) is 0 Å². The molecule has 2 aromatic rings. The van der Waals surface area contributed by atoms with E-state index in [2.05, 4.69) is 10.2 Å². The Bertz CT molecular complexity index is 1010. The molecule has 1 aliphatic rings. The van der Waals surface area contributed by atoms with E-state index in [1.807, 2.05) is 49.5 Å². The van der Waals surface area contributed by atoms with E-state index in [4.69, 9.17) is 4.74 Å². The Morgan fingerprint density at radius 2 is 1.85 bits per heavy atom. The van der Waals surface area contributed by atoms with Crippen LogP contribution in [0.3, 0.4) is 0 Å². The predicted octanol–water partition coefficient (Wildman–Crippen LogP) is 2.50. The number of likely N-dealkylation sites (N-methyl/N-ethyl adjacent to an activating group) is 1. The fourth-order valence-electron chi connectivity index (χ4n) is 3.52. The van der Waals surface area contributed by atoms with E-state index >= 15 is 0 Å². The predicted molar refractivity (Wildman–Crippen MR) is 127 cm³/mol. The summed E-state index contributed by atoms with van der Waals surface area (Å²) in [5.41, 5.74) is 2.00. The van der Waals surface area contributed by atoms with Crippen molar-refractivity contribution in [3.05, 3.63) is 71.3 Å². The van der Waals surface area contributed by atoms with Crippen LogP contribution in [0.1, 0.15) is 17.5 Å². The van der Waals surface area contributed by atoms with Gasteiger partial charge in [-0.25, -0.2) is 0 Å². The van der Waals surface area contributed by atoms with Gasteiger partial charge in [-0.2, -0.15) is 5.26 Å². The zero-order chi connectivity index (χ0) is 23.5. The van der Waals surface area contributed by atoms with Gasteiger partial charge in [0.1, 0.15) is 17.4 Å². The van der Waals surface area contributed by atoms with Gasteiger partial charge in [0.15, 0.2) is 0 Å². The molecule has 0 radical (unpaired) electrons. The molecule has 2 aromatic carbocycles. The number of carbonyl (C=O) groups excluding carboxylic acids is 2. The van der Waals surface area contributed by atoms with Crippen LogP contribution in [0.2, 0.25) is 0 Å². The quantitative estimate of drug-likeness (QED) is 0.473. The Balaban J connectivity index is 1.47. The van der Waals surface area contributed by atoms with Crippen molar-refractivity contribution in [2.45, 2.75) is 12.8 Å². The number of hydrogen-bond acceptors (Lipinski definition) is 5. The Hall–Kier alpha value is -3.63. The molecule has 0 saturated carbocycles. The third kappa shape index (κ3) is 7.78.